The standard InChI is InChI=1S/C15H15N3S/c1-10-2-4-11(5-3-10)12-9-18-13-6-7-16-8-14(13)19-15(18)17-12/h2-5,9,16H,6-8H2,1H3. The van der Waals surface area contributed by atoms with E-state index in [0.29, 0.717) is 0 Å². The summed E-state index contributed by atoms with van der Waals surface area (Å²) in [6, 6.07) is 8.58. The van der Waals surface area contributed by atoms with Crippen LogP contribution in [0.25, 0.3) is 16.2 Å². The molecule has 1 N–H and O–H groups in total. The summed E-state index contributed by atoms with van der Waals surface area (Å²) in [6.45, 7) is 4.17. The van der Waals surface area contributed by atoms with Crippen molar-refractivity contribution in [3.05, 3.63) is 46.6 Å². The molecule has 96 valence electrons. The van der Waals surface area contributed by atoms with Gasteiger partial charge in [-0.05, 0) is 6.92 Å². The lowest BCUT2D eigenvalue weighted by molar-refractivity contribution is 0.638. The molecule has 0 bridgehead atoms. The molecule has 0 amide bonds. The molecule has 1 aliphatic rings. The van der Waals surface area contributed by atoms with Crippen LogP contribution in [0.1, 0.15) is 16.1 Å². The van der Waals surface area contributed by atoms with E-state index in [1.807, 2.05) is 11.3 Å². The van der Waals surface area contributed by atoms with Gasteiger partial charge in [-0.15, -0.1) is 0 Å². The molecule has 4 heteroatoms. The Morgan fingerprint density at radius 2 is 2.11 bits per heavy atom. The van der Waals surface area contributed by atoms with Gasteiger partial charge in [0.05, 0.1) is 5.69 Å². The minimum Gasteiger partial charge on any atom is -0.311 e. The van der Waals surface area contributed by atoms with Gasteiger partial charge in [-0.3, -0.25) is 4.40 Å². The fraction of sp³-hybridized carbons (Fsp3) is 0.267. The van der Waals surface area contributed by atoms with Gasteiger partial charge in [-0.25, -0.2) is 4.98 Å². The molecule has 0 saturated carbocycles. The molecule has 3 aromatic rings. The van der Waals surface area contributed by atoms with Crippen molar-refractivity contribution >= 4 is 16.3 Å². The second kappa shape index (κ2) is 4.18. The fourth-order valence-electron chi connectivity index (χ4n) is 2.60. The molecule has 3 nitrogen and oxygen atoms in total. The number of nitrogens with one attached hydrogen (secondary N) is 1. The van der Waals surface area contributed by atoms with Crippen molar-refractivity contribution in [3.8, 4) is 11.3 Å². The molecule has 19 heavy (non-hydrogen) atoms. The van der Waals surface area contributed by atoms with Crippen molar-refractivity contribution in [1.82, 2.24) is 14.7 Å². The minimum absolute atomic E-state index is 0.989. The third-order valence-corrected chi connectivity index (χ3v) is 4.77. The Morgan fingerprint density at radius 3 is 2.95 bits per heavy atom. The molecule has 0 spiro atoms. The average molecular weight is 269 g/mol. The minimum atomic E-state index is 0.989. The number of nitrogens with zero attached hydrogens (tertiary/aromatic N) is 2. The van der Waals surface area contributed by atoms with Crippen molar-refractivity contribution < 1.29 is 0 Å². The highest BCUT2D eigenvalue weighted by atomic mass is 32.1. The van der Waals surface area contributed by atoms with Crippen LogP contribution in [0.3, 0.4) is 0 Å². The Balaban J connectivity index is 1.84. The zero-order valence-corrected chi connectivity index (χ0v) is 11.6. The Labute approximate surface area is 115 Å². The number of fused-ring (bicyclic) bond motifs is 3. The Morgan fingerprint density at radius 1 is 1.26 bits per heavy atom. The number of imidazole rings is 1. The summed E-state index contributed by atoms with van der Waals surface area (Å²) in [5.41, 5.74) is 5.00. The normalized spacial score (nSPS) is 14.8. The van der Waals surface area contributed by atoms with Crippen LogP contribution in [0.4, 0.5) is 0 Å². The third kappa shape index (κ3) is 1.79. The summed E-state index contributed by atoms with van der Waals surface area (Å²) in [6.07, 6.45) is 3.28. The van der Waals surface area contributed by atoms with E-state index in [-0.39, 0.29) is 0 Å². The van der Waals surface area contributed by atoms with Crippen LogP contribution in [-0.4, -0.2) is 15.9 Å². The van der Waals surface area contributed by atoms with Gasteiger partial charge in [-0.2, -0.15) is 0 Å². The SMILES string of the molecule is Cc1ccc(-c2cn3c4c(sc3n2)CNCC4)cc1. The maximum atomic E-state index is 4.77. The van der Waals surface area contributed by atoms with E-state index in [2.05, 4.69) is 47.1 Å². The van der Waals surface area contributed by atoms with Gasteiger partial charge in [0.25, 0.3) is 0 Å². The molecule has 0 aliphatic carbocycles. The van der Waals surface area contributed by atoms with Gasteiger partial charge < -0.3 is 5.32 Å². The molecule has 2 aromatic heterocycles. The first kappa shape index (κ1) is 11.2. The molecule has 1 aromatic carbocycles. The van der Waals surface area contributed by atoms with Crippen LogP contribution < -0.4 is 5.32 Å². The van der Waals surface area contributed by atoms with E-state index >= 15 is 0 Å². The van der Waals surface area contributed by atoms with Crippen LogP contribution in [0.15, 0.2) is 30.5 Å². The van der Waals surface area contributed by atoms with Crippen LogP contribution >= 0.6 is 11.3 Å². The van der Waals surface area contributed by atoms with Gasteiger partial charge in [0.15, 0.2) is 4.96 Å². The van der Waals surface area contributed by atoms with Gasteiger partial charge in [0.1, 0.15) is 0 Å². The van der Waals surface area contributed by atoms with Crippen molar-refractivity contribution in [2.45, 2.75) is 19.9 Å². The quantitative estimate of drug-likeness (QED) is 0.736. The first-order valence-corrected chi connectivity index (χ1v) is 7.40. The van der Waals surface area contributed by atoms with Crippen molar-refractivity contribution in [2.75, 3.05) is 6.54 Å². The summed E-state index contributed by atoms with van der Waals surface area (Å²) in [5.74, 6) is 0. The fourth-order valence-corrected chi connectivity index (χ4v) is 3.72. The largest absolute Gasteiger partial charge is 0.311 e. The lowest BCUT2D eigenvalue weighted by atomic mass is 10.1. The van der Waals surface area contributed by atoms with Crippen LogP contribution in [0, 0.1) is 6.92 Å². The molecule has 0 radical (unpaired) electrons. The highest BCUT2D eigenvalue weighted by Crippen LogP contribution is 2.29. The number of hydrogen-bond donors (Lipinski definition) is 1. The predicted octanol–water partition coefficient (Wildman–Crippen LogP) is 3.02. The lowest BCUT2D eigenvalue weighted by Gasteiger charge is -2.11. The van der Waals surface area contributed by atoms with E-state index in [1.165, 1.54) is 21.7 Å². The molecule has 0 saturated heterocycles. The Bertz CT molecular complexity index is 737. The summed E-state index contributed by atoms with van der Waals surface area (Å²) in [5, 5.41) is 3.41. The number of benzene rings is 1. The maximum absolute atomic E-state index is 4.77. The van der Waals surface area contributed by atoms with Gasteiger partial charge in [0.2, 0.25) is 0 Å². The van der Waals surface area contributed by atoms with E-state index in [0.717, 1.165) is 30.2 Å². The Hall–Kier alpha value is -1.65. The summed E-state index contributed by atoms with van der Waals surface area (Å²) in [4.78, 5) is 7.32. The van der Waals surface area contributed by atoms with Crippen molar-refractivity contribution in [3.63, 3.8) is 0 Å². The van der Waals surface area contributed by atoms with Crippen molar-refractivity contribution in [2.24, 2.45) is 0 Å². The van der Waals surface area contributed by atoms with E-state index in [4.69, 9.17) is 4.98 Å². The first-order valence-electron chi connectivity index (χ1n) is 6.59. The molecular formula is C15H15N3S. The number of rotatable bonds is 1. The van der Waals surface area contributed by atoms with Crippen LogP contribution in [0.2, 0.25) is 0 Å². The Kier molecular flexibility index (Phi) is 2.47. The number of thiazole rings is 1. The van der Waals surface area contributed by atoms with Crippen LogP contribution in [0.5, 0.6) is 0 Å². The van der Waals surface area contributed by atoms with Gasteiger partial charge >= 0.3 is 0 Å². The summed E-state index contributed by atoms with van der Waals surface area (Å²) >= 11 is 1.81. The monoisotopic (exact) mass is 269 g/mol. The molecule has 1 aliphatic heterocycles. The number of aromatic nitrogens is 2. The van der Waals surface area contributed by atoms with Crippen LogP contribution in [-0.2, 0) is 13.0 Å². The molecule has 0 atom stereocenters. The number of hydrogen-bond acceptors (Lipinski definition) is 3. The molecule has 0 unspecified atom stereocenters. The zero-order chi connectivity index (χ0) is 12.8. The highest BCUT2D eigenvalue weighted by Gasteiger charge is 2.17. The molecular weight excluding hydrogens is 254 g/mol. The first-order chi connectivity index (χ1) is 9.31. The average Bonchev–Trinajstić information content (AvgIpc) is 2.97. The van der Waals surface area contributed by atoms with E-state index in [9.17, 15) is 0 Å². The number of aryl methyl sites for hydroxylation is 1. The smallest absolute Gasteiger partial charge is 0.194 e. The van der Waals surface area contributed by atoms with E-state index < -0.39 is 0 Å². The van der Waals surface area contributed by atoms with Gasteiger partial charge in [0, 0.05) is 41.8 Å². The highest BCUT2D eigenvalue weighted by molar-refractivity contribution is 7.17. The topological polar surface area (TPSA) is 29.3 Å². The third-order valence-electron chi connectivity index (χ3n) is 3.67. The lowest BCUT2D eigenvalue weighted by Crippen LogP contribution is -2.23. The molecule has 4 rings (SSSR count). The zero-order valence-electron chi connectivity index (χ0n) is 10.8. The molecule has 3 heterocycles. The van der Waals surface area contributed by atoms with Gasteiger partial charge in [-0.1, -0.05) is 41.2 Å². The predicted molar refractivity (Wildman–Crippen MR) is 78.7 cm³/mol. The second-order valence-electron chi connectivity index (χ2n) is 5.04. The van der Waals surface area contributed by atoms with Crippen molar-refractivity contribution in [1.29, 1.82) is 0 Å². The maximum Gasteiger partial charge on any atom is 0.194 e. The van der Waals surface area contributed by atoms with E-state index in [1.54, 1.807) is 0 Å². The second-order valence-corrected chi connectivity index (χ2v) is 6.11. The molecule has 0 fully saturated rings. The summed E-state index contributed by atoms with van der Waals surface area (Å²) < 4.78 is 2.27. The summed E-state index contributed by atoms with van der Waals surface area (Å²) in [7, 11) is 0.